The van der Waals surface area contributed by atoms with Gasteiger partial charge in [-0.15, -0.1) is 0 Å². The second-order valence-corrected chi connectivity index (χ2v) is 11.1. The monoisotopic (exact) mass is 601 g/mol. The number of nitrogens with two attached hydrogens (primary N) is 1. The number of phenolic OH excluding ortho intramolecular Hbond substituents is 1. The van der Waals surface area contributed by atoms with Gasteiger partial charge in [0.25, 0.3) is 0 Å². The highest BCUT2D eigenvalue weighted by Gasteiger charge is 2.59. The van der Waals surface area contributed by atoms with Crippen LogP contribution in [0, 0.1) is 0 Å². The number of phenols is 1. The first kappa shape index (κ1) is 29.6. The van der Waals surface area contributed by atoms with Crippen molar-refractivity contribution in [3.8, 4) is 5.75 Å². The maximum atomic E-state index is 13.0. The van der Waals surface area contributed by atoms with Crippen molar-refractivity contribution in [3.63, 3.8) is 0 Å². The first-order valence-corrected chi connectivity index (χ1v) is 14.4. The lowest BCUT2D eigenvalue weighted by Crippen LogP contribution is -2.44. The first-order valence-electron chi connectivity index (χ1n) is 12.7. The Bertz CT molecular complexity index is 1470. The maximum Gasteiger partial charge on any atom is 0.488 e. The van der Waals surface area contributed by atoms with Crippen LogP contribution in [0.3, 0.4) is 0 Å². The molecule has 2 aliphatic heterocycles. The van der Waals surface area contributed by atoms with Crippen molar-refractivity contribution >= 4 is 50.2 Å². The molecule has 16 nitrogen and oxygen atoms in total. The Morgan fingerprint density at radius 2 is 2.00 bits per heavy atom. The minimum atomic E-state index is -3.70. The molecule has 5 N–H and O–H groups in total. The number of methoxy groups -OCH3 is 1. The molecule has 1 amide bonds. The van der Waals surface area contributed by atoms with Crippen molar-refractivity contribution in [1.82, 2.24) is 24.8 Å². The molecule has 2 saturated heterocycles. The number of amides is 1. The van der Waals surface area contributed by atoms with Gasteiger partial charge in [0.2, 0.25) is 5.91 Å². The highest BCUT2D eigenvalue weighted by Crippen LogP contribution is 2.59. The van der Waals surface area contributed by atoms with Crippen LogP contribution in [0.4, 0.5) is 5.82 Å². The van der Waals surface area contributed by atoms with Gasteiger partial charge in [0.05, 0.1) is 19.9 Å². The van der Waals surface area contributed by atoms with Crippen LogP contribution < -0.4 is 11.1 Å². The Hall–Kier alpha value is -3.89. The number of benzene rings is 1. The predicted molar refractivity (Wildman–Crippen MR) is 144 cm³/mol. The normalized spacial score (nSPS) is 25.9. The summed E-state index contributed by atoms with van der Waals surface area (Å²) in [7, 11) is 3.20. The number of hydrogen-bond donors (Lipinski definition) is 4. The summed E-state index contributed by atoms with van der Waals surface area (Å²) in [5, 5.41) is 12.0. The third kappa shape index (κ3) is 6.45. The fourth-order valence-corrected chi connectivity index (χ4v) is 5.68. The summed E-state index contributed by atoms with van der Waals surface area (Å²) in [6.45, 7) is -0.127. The van der Waals surface area contributed by atoms with Gasteiger partial charge in [0, 0.05) is 12.8 Å². The second-order valence-electron chi connectivity index (χ2n) is 9.55. The number of aromatic hydroxyl groups is 1. The summed E-state index contributed by atoms with van der Waals surface area (Å²) >= 11 is 0. The van der Waals surface area contributed by atoms with Gasteiger partial charge in [0.15, 0.2) is 29.9 Å². The number of nitrogens with one attached hydrogen (secondary N) is 1. The van der Waals surface area contributed by atoms with Crippen molar-refractivity contribution in [2.24, 2.45) is 0 Å². The van der Waals surface area contributed by atoms with Crippen LogP contribution in [0.1, 0.15) is 24.6 Å². The van der Waals surface area contributed by atoms with Crippen LogP contribution >= 0.6 is 7.82 Å². The molecule has 18 heteroatoms. The van der Waals surface area contributed by atoms with E-state index in [0.29, 0.717) is 16.7 Å². The van der Waals surface area contributed by atoms with Crippen LogP contribution in [-0.4, -0.2) is 93.0 Å². The molecule has 6 atom stereocenters. The quantitative estimate of drug-likeness (QED) is 0.143. The molecule has 1 aromatic carbocycles. The molecule has 2 fully saturated rings. The lowest BCUT2D eigenvalue weighted by Gasteiger charge is -2.29. The number of ether oxygens (including phenoxy) is 3. The van der Waals surface area contributed by atoms with Crippen LogP contribution in [0.5, 0.6) is 5.75 Å². The average molecular weight is 601 g/mol. The van der Waals surface area contributed by atoms with Gasteiger partial charge in [0.1, 0.15) is 36.3 Å². The number of esters is 2. The minimum absolute atomic E-state index is 0.0555. The van der Waals surface area contributed by atoms with Crippen molar-refractivity contribution in [2.75, 3.05) is 19.5 Å². The topological polar surface area (TPSA) is 219 Å². The summed E-state index contributed by atoms with van der Waals surface area (Å²) in [6, 6.07) is 5.10. The van der Waals surface area contributed by atoms with Crippen LogP contribution in [0.15, 0.2) is 36.9 Å². The Morgan fingerprint density at radius 3 is 2.74 bits per heavy atom. The summed E-state index contributed by atoms with van der Waals surface area (Å²) < 4.78 is 28.7. The molecular formula is C24H27BN6O10P+. The molecule has 2 radical (unpaired) electrons. The van der Waals surface area contributed by atoms with Gasteiger partial charge in [-0.1, -0.05) is 12.1 Å². The fraction of sp³-hybridized carbons (Fsp3) is 0.417. The summed E-state index contributed by atoms with van der Waals surface area (Å²) in [5.41, 5.74) is 7.16. The van der Waals surface area contributed by atoms with Crippen LogP contribution in [-0.2, 0) is 44.1 Å². The number of hydrogen-bond acceptors (Lipinski definition) is 14. The number of carbonyl (C=O) groups is 3. The molecule has 2 aromatic heterocycles. The number of imidazole rings is 1. The summed E-state index contributed by atoms with van der Waals surface area (Å²) in [5.74, 6) is -1.88. The number of anilines is 1. The molecule has 3 unspecified atom stereocenters. The van der Waals surface area contributed by atoms with E-state index in [0.717, 1.165) is 0 Å². The maximum absolute atomic E-state index is 13.0. The second kappa shape index (κ2) is 12.2. The van der Waals surface area contributed by atoms with Gasteiger partial charge in [-0.25, -0.2) is 24.6 Å². The molecule has 5 rings (SSSR count). The zero-order chi connectivity index (χ0) is 30.0. The number of carbonyl (C=O) groups excluding carboxylic acids is 3. The van der Waals surface area contributed by atoms with Gasteiger partial charge in [-0.2, -0.15) is 9.05 Å². The Labute approximate surface area is 240 Å². The molecule has 0 aliphatic carbocycles. The SMILES string of the molecule is [B][P+]1(O)OC[C@H]2O[C@@H](n3cnc4c(N)ncnc43)C(OC(=O)CCC(=O)NC(Cc3ccc(O)cc3)C(=O)OC)[C@H]2O1. The number of aromatic nitrogens is 4. The van der Waals surface area contributed by atoms with Crippen molar-refractivity contribution in [1.29, 1.82) is 0 Å². The average Bonchev–Trinajstić information content (AvgIpc) is 3.53. The van der Waals surface area contributed by atoms with Crippen LogP contribution in [0.2, 0.25) is 0 Å². The molecule has 2 aliphatic rings. The van der Waals surface area contributed by atoms with Gasteiger partial charge >= 0.3 is 27.3 Å². The summed E-state index contributed by atoms with van der Waals surface area (Å²) in [4.78, 5) is 60.5. The van der Waals surface area contributed by atoms with Gasteiger partial charge < -0.3 is 30.4 Å². The molecule has 4 heterocycles. The van der Waals surface area contributed by atoms with Crippen molar-refractivity contribution < 1.29 is 47.6 Å². The first-order chi connectivity index (χ1) is 20.0. The minimum Gasteiger partial charge on any atom is -0.508 e. The molecular weight excluding hydrogens is 574 g/mol. The number of nitrogen functional groups attached to an aromatic ring is 1. The lowest BCUT2D eigenvalue weighted by molar-refractivity contribution is -0.158. The Kier molecular flexibility index (Phi) is 8.57. The molecule has 0 bridgehead atoms. The van der Waals surface area contributed by atoms with Gasteiger partial charge in [-0.3, -0.25) is 14.2 Å². The molecule has 0 spiro atoms. The van der Waals surface area contributed by atoms with Crippen LogP contribution in [0.25, 0.3) is 11.2 Å². The predicted octanol–water partition coefficient (Wildman–Crippen LogP) is -0.142. The molecule has 42 heavy (non-hydrogen) atoms. The molecule has 0 saturated carbocycles. The smallest absolute Gasteiger partial charge is 0.488 e. The van der Waals surface area contributed by atoms with E-state index in [1.165, 1.54) is 36.5 Å². The molecule has 220 valence electrons. The third-order valence-electron chi connectivity index (χ3n) is 6.66. The van der Waals surface area contributed by atoms with Crippen molar-refractivity contribution in [2.45, 2.75) is 49.8 Å². The van der Waals surface area contributed by atoms with E-state index in [4.69, 9.17) is 36.6 Å². The van der Waals surface area contributed by atoms with Crippen molar-refractivity contribution in [3.05, 3.63) is 42.5 Å². The molecule has 3 aromatic rings. The van der Waals surface area contributed by atoms with E-state index in [2.05, 4.69) is 20.3 Å². The number of fused-ring (bicyclic) bond motifs is 2. The zero-order valence-electron chi connectivity index (χ0n) is 22.2. The number of nitrogens with zero attached hydrogens (tertiary/aromatic N) is 4. The van der Waals surface area contributed by atoms with E-state index >= 15 is 0 Å². The van der Waals surface area contributed by atoms with E-state index in [1.54, 1.807) is 12.1 Å². The van der Waals surface area contributed by atoms with E-state index in [-0.39, 0.29) is 37.4 Å². The van der Waals surface area contributed by atoms with E-state index < -0.39 is 56.2 Å². The third-order valence-corrected chi connectivity index (χ3v) is 7.73. The zero-order valence-corrected chi connectivity index (χ0v) is 23.1. The lowest BCUT2D eigenvalue weighted by atomic mass is 10.1. The Morgan fingerprint density at radius 1 is 1.24 bits per heavy atom. The van der Waals surface area contributed by atoms with E-state index in [9.17, 15) is 24.4 Å². The summed E-state index contributed by atoms with van der Waals surface area (Å²) in [6.07, 6.45) is -1.88. The highest BCUT2D eigenvalue weighted by molar-refractivity contribution is 7.85. The Balaban J connectivity index is 1.26. The number of rotatable bonds is 9. The van der Waals surface area contributed by atoms with Gasteiger partial charge in [-0.05, 0) is 17.7 Å². The van der Waals surface area contributed by atoms with E-state index in [1.807, 2.05) is 0 Å². The fourth-order valence-electron chi connectivity index (χ4n) is 4.66. The highest BCUT2D eigenvalue weighted by atomic mass is 31.2. The standard InChI is InChI=1S/C24H27BN6O10P/c1-37-24(35)14(8-12-2-4-13(32)5-3-12)30-16(33)6-7-17(34)40-20-19-15(9-38-42(25,36)41-19)39-23(20)31-11-29-18-21(26)27-10-28-22(18)31/h2-5,10-11,14-15,19-20,23,32,36H,6-9H2,1H3,(H,30,33)(H2,26,27,28)/q+1/t14?,15-,19+,20?,23-,42?/m1/s1. The largest absolute Gasteiger partial charge is 0.508 e.